The van der Waals surface area contributed by atoms with E-state index in [-0.39, 0.29) is 17.3 Å². The van der Waals surface area contributed by atoms with Crippen LogP contribution in [0.2, 0.25) is 0 Å². The number of rotatable bonds is 7. The Labute approximate surface area is 168 Å². The third-order valence-corrected chi connectivity index (χ3v) is 6.23. The van der Waals surface area contributed by atoms with Crippen molar-refractivity contribution in [2.75, 3.05) is 11.6 Å². The van der Waals surface area contributed by atoms with E-state index in [0.29, 0.717) is 22.6 Å². The molecule has 3 rings (SSSR count). The summed E-state index contributed by atoms with van der Waals surface area (Å²) in [5, 5.41) is 2.82. The average Bonchev–Trinajstić information content (AvgIpc) is 3.20. The topological polar surface area (TPSA) is 88.4 Å². The quantitative estimate of drug-likeness (QED) is 0.568. The minimum Gasteiger partial charge on any atom is -0.468 e. The number of hydrogen-bond acceptors (Lipinski definition) is 5. The SMILES string of the molecule is CSc1cccc(NC(=O)c2cc(S(=O)(=O)NCc3ccco3)ccc2C)c1. The predicted molar refractivity (Wildman–Crippen MR) is 110 cm³/mol. The number of aryl methyl sites for hydroxylation is 1. The van der Waals surface area contributed by atoms with Crippen LogP contribution < -0.4 is 10.0 Å². The van der Waals surface area contributed by atoms with Gasteiger partial charge >= 0.3 is 0 Å². The third kappa shape index (κ3) is 4.83. The summed E-state index contributed by atoms with van der Waals surface area (Å²) in [5.41, 5.74) is 1.64. The predicted octanol–water partition coefficient (Wildman–Crippen LogP) is 4.04. The highest BCUT2D eigenvalue weighted by atomic mass is 32.2. The molecule has 1 heterocycles. The second-order valence-corrected chi connectivity index (χ2v) is 8.71. The number of sulfonamides is 1. The second-order valence-electron chi connectivity index (χ2n) is 6.07. The standard InChI is InChI=1S/C20H20N2O4S2/c1-14-8-9-18(28(24,25)21-13-16-6-4-10-26-16)12-19(14)20(23)22-15-5-3-7-17(11-15)27-2/h3-12,21H,13H2,1-2H3,(H,22,23). The highest BCUT2D eigenvalue weighted by Crippen LogP contribution is 2.21. The van der Waals surface area contributed by atoms with Crippen molar-refractivity contribution in [1.82, 2.24) is 4.72 Å². The van der Waals surface area contributed by atoms with E-state index in [1.165, 1.54) is 18.4 Å². The van der Waals surface area contributed by atoms with Gasteiger partial charge in [0.2, 0.25) is 10.0 Å². The van der Waals surface area contributed by atoms with Gasteiger partial charge in [-0.05, 0) is 61.2 Å². The fourth-order valence-corrected chi connectivity index (χ4v) is 4.05. The Morgan fingerprint density at radius 1 is 1.11 bits per heavy atom. The van der Waals surface area contributed by atoms with Crippen molar-refractivity contribution >= 4 is 33.4 Å². The highest BCUT2D eigenvalue weighted by molar-refractivity contribution is 7.98. The molecule has 0 unspecified atom stereocenters. The molecule has 0 aliphatic carbocycles. The summed E-state index contributed by atoms with van der Waals surface area (Å²) in [5.74, 6) is 0.140. The van der Waals surface area contributed by atoms with Gasteiger partial charge in [-0.15, -0.1) is 11.8 Å². The van der Waals surface area contributed by atoms with Crippen LogP contribution in [0.25, 0.3) is 0 Å². The van der Waals surface area contributed by atoms with Crippen molar-refractivity contribution in [3.63, 3.8) is 0 Å². The number of carbonyl (C=O) groups excluding carboxylic acids is 1. The maximum absolute atomic E-state index is 12.7. The molecule has 8 heteroatoms. The lowest BCUT2D eigenvalue weighted by Crippen LogP contribution is -2.24. The number of carbonyl (C=O) groups is 1. The molecular formula is C20H20N2O4S2. The minimum absolute atomic E-state index is 0.0210. The maximum Gasteiger partial charge on any atom is 0.255 e. The van der Waals surface area contributed by atoms with Crippen molar-refractivity contribution in [3.05, 3.63) is 77.7 Å². The van der Waals surface area contributed by atoms with Gasteiger partial charge in [0.1, 0.15) is 5.76 Å². The molecule has 0 saturated heterocycles. The number of hydrogen-bond donors (Lipinski definition) is 2. The molecule has 2 aromatic carbocycles. The van der Waals surface area contributed by atoms with Gasteiger partial charge < -0.3 is 9.73 Å². The highest BCUT2D eigenvalue weighted by Gasteiger charge is 2.18. The first-order chi connectivity index (χ1) is 13.4. The monoisotopic (exact) mass is 416 g/mol. The molecule has 0 saturated carbocycles. The van der Waals surface area contributed by atoms with Gasteiger partial charge in [0.05, 0.1) is 17.7 Å². The molecule has 0 fully saturated rings. The number of amides is 1. The largest absolute Gasteiger partial charge is 0.468 e. The smallest absolute Gasteiger partial charge is 0.255 e. The molecule has 1 aromatic heterocycles. The lowest BCUT2D eigenvalue weighted by molar-refractivity contribution is 0.102. The number of thioether (sulfide) groups is 1. The van der Waals surface area contributed by atoms with E-state index in [1.807, 2.05) is 24.5 Å². The zero-order chi connectivity index (χ0) is 20.1. The molecular weight excluding hydrogens is 396 g/mol. The summed E-state index contributed by atoms with van der Waals surface area (Å²) in [4.78, 5) is 13.8. The van der Waals surface area contributed by atoms with Crippen LogP contribution >= 0.6 is 11.8 Å². The van der Waals surface area contributed by atoms with E-state index in [9.17, 15) is 13.2 Å². The molecule has 6 nitrogen and oxygen atoms in total. The van der Waals surface area contributed by atoms with Gasteiger partial charge in [-0.25, -0.2) is 13.1 Å². The van der Waals surface area contributed by atoms with E-state index in [4.69, 9.17) is 4.42 Å². The summed E-state index contributed by atoms with van der Waals surface area (Å²) in [7, 11) is -3.79. The van der Waals surface area contributed by atoms with Crippen LogP contribution in [0.3, 0.4) is 0 Å². The summed E-state index contributed by atoms with van der Waals surface area (Å²) in [6, 6.07) is 15.3. The first kappa shape index (κ1) is 20.2. The van der Waals surface area contributed by atoms with Crippen molar-refractivity contribution in [3.8, 4) is 0 Å². The maximum atomic E-state index is 12.7. The lowest BCUT2D eigenvalue weighted by atomic mass is 10.1. The third-order valence-electron chi connectivity index (χ3n) is 4.11. The van der Waals surface area contributed by atoms with Gasteiger partial charge in [-0.3, -0.25) is 4.79 Å². The fourth-order valence-electron chi connectivity index (χ4n) is 2.57. The van der Waals surface area contributed by atoms with Crippen LogP contribution in [0.15, 0.2) is 75.1 Å². The zero-order valence-electron chi connectivity index (χ0n) is 15.4. The minimum atomic E-state index is -3.79. The first-order valence-corrected chi connectivity index (χ1v) is 11.2. The number of nitrogens with one attached hydrogen (secondary N) is 2. The number of anilines is 1. The van der Waals surface area contributed by atoms with Crippen molar-refractivity contribution in [2.24, 2.45) is 0 Å². The number of furan rings is 1. The van der Waals surface area contributed by atoms with Gasteiger partial charge in [0, 0.05) is 16.1 Å². The molecule has 28 heavy (non-hydrogen) atoms. The van der Waals surface area contributed by atoms with Crippen LogP contribution in [0.5, 0.6) is 0 Å². The lowest BCUT2D eigenvalue weighted by Gasteiger charge is -2.11. The molecule has 0 atom stereocenters. The van der Waals surface area contributed by atoms with Crippen LogP contribution in [-0.2, 0) is 16.6 Å². The van der Waals surface area contributed by atoms with Gasteiger partial charge in [0.25, 0.3) is 5.91 Å². The van der Waals surface area contributed by atoms with Crippen LogP contribution in [-0.4, -0.2) is 20.6 Å². The Bertz CT molecular complexity index is 1080. The summed E-state index contributed by atoms with van der Waals surface area (Å²) in [6.45, 7) is 1.80. The van der Waals surface area contributed by atoms with E-state index < -0.39 is 10.0 Å². The van der Waals surface area contributed by atoms with Crippen LogP contribution in [0.4, 0.5) is 5.69 Å². The molecule has 0 spiro atoms. The van der Waals surface area contributed by atoms with Gasteiger partial charge in [0.15, 0.2) is 0 Å². The molecule has 1 amide bonds. The van der Waals surface area contributed by atoms with Crippen molar-refractivity contribution < 1.29 is 17.6 Å². The van der Waals surface area contributed by atoms with E-state index >= 15 is 0 Å². The van der Waals surface area contributed by atoms with Crippen molar-refractivity contribution in [2.45, 2.75) is 23.3 Å². The van der Waals surface area contributed by atoms with E-state index in [1.54, 1.807) is 43.0 Å². The Morgan fingerprint density at radius 2 is 1.93 bits per heavy atom. The normalized spacial score (nSPS) is 11.4. The molecule has 0 aliphatic heterocycles. The molecule has 0 aliphatic rings. The Balaban J connectivity index is 1.81. The molecule has 3 aromatic rings. The molecule has 0 radical (unpaired) electrons. The Morgan fingerprint density at radius 3 is 2.64 bits per heavy atom. The zero-order valence-corrected chi connectivity index (χ0v) is 17.1. The molecule has 2 N–H and O–H groups in total. The average molecular weight is 417 g/mol. The first-order valence-electron chi connectivity index (χ1n) is 8.47. The summed E-state index contributed by atoms with van der Waals surface area (Å²) in [6.07, 6.45) is 3.43. The molecule has 146 valence electrons. The Kier molecular flexibility index (Phi) is 6.23. The van der Waals surface area contributed by atoms with Gasteiger partial charge in [-0.1, -0.05) is 12.1 Å². The fraction of sp³-hybridized carbons (Fsp3) is 0.150. The van der Waals surface area contributed by atoms with Gasteiger partial charge in [-0.2, -0.15) is 0 Å². The van der Waals surface area contributed by atoms with E-state index in [0.717, 1.165) is 4.90 Å². The van der Waals surface area contributed by atoms with E-state index in [2.05, 4.69) is 10.0 Å². The summed E-state index contributed by atoms with van der Waals surface area (Å²) >= 11 is 1.57. The molecule has 0 bridgehead atoms. The number of benzene rings is 2. The van der Waals surface area contributed by atoms with Crippen LogP contribution in [0, 0.1) is 6.92 Å². The van der Waals surface area contributed by atoms with Crippen molar-refractivity contribution in [1.29, 1.82) is 0 Å². The summed E-state index contributed by atoms with van der Waals surface area (Å²) < 4.78 is 32.7. The second kappa shape index (κ2) is 8.64. The Hall–Kier alpha value is -2.55. The van der Waals surface area contributed by atoms with Crippen LogP contribution in [0.1, 0.15) is 21.7 Å².